The molecule has 1 rings (SSSR count). The molecule has 0 bridgehead atoms. The summed E-state index contributed by atoms with van der Waals surface area (Å²) >= 11 is 0. The van der Waals surface area contributed by atoms with Crippen LogP contribution in [0.3, 0.4) is 0 Å². The fraction of sp³-hybridized carbons (Fsp3) is 0.700. The van der Waals surface area contributed by atoms with Crippen molar-refractivity contribution in [1.82, 2.24) is 0 Å². The van der Waals surface area contributed by atoms with E-state index >= 15 is 0 Å². The van der Waals surface area contributed by atoms with Gasteiger partial charge in [0.15, 0.2) is 0 Å². The second-order valence-corrected chi connectivity index (χ2v) is 3.38. The number of carbonyl (C=O) groups is 1. The van der Waals surface area contributed by atoms with E-state index in [9.17, 15) is 9.90 Å². The zero-order valence-electron chi connectivity index (χ0n) is 7.95. The van der Waals surface area contributed by atoms with Crippen molar-refractivity contribution in [2.45, 2.75) is 38.2 Å². The third-order valence-corrected chi connectivity index (χ3v) is 2.16. The van der Waals surface area contributed by atoms with Crippen molar-refractivity contribution < 1.29 is 14.6 Å². The molecule has 1 atom stereocenters. The number of hydrogen-bond acceptors (Lipinski definition) is 3. The lowest BCUT2D eigenvalue weighted by molar-refractivity contribution is -0.147. The normalized spacial score (nSPS) is 27.2. The van der Waals surface area contributed by atoms with Crippen LogP contribution in [0.4, 0.5) is 0 Å². The Kier molecular flexibility index (Phi) is 3.48. The first-order chi connectivity index (χ1) is 6.16. The maximum atomic E-state index is 11.1. The molecule has 0 fully saturated rings. The van der Waals surface area contributed by atoms with E-state index < -0.39 is 5.60 Å². The van der Waals surface area contributed by atoms with E-state index in [4.69, 9.17) is 4.74 Å². The van der Waals surface area contributed by atoms with Gasteiger partial charge in [-0.15, -0.1) is 0 Å². The highest BCUT2D eigenvalue weighted by atomic mass is 16.5. The van der Waals surface area contributed by atoms with Crippen LogP contribution in [0.15, 0.2) is 12.2 Å². The summed E-state index contributed by atoms with van der Waals surface area (Å²) in [5, 5.41) is 9.88. The third-order valence-electron chi connectivity index (χ3n) is 2.16. The first kappa shape index (κ1) is 10.3. The summed E-state index contributed by atoms with van der Waals surface area (Å²) in [4.78, 5) is 11.1. The molecule has 1 aliphatic carbocycles. The van der Waals surface area contributed by atoms with Gasteiger partial charge >= 0.3 is 5.97 Å². The standard InChI is InChI=1S/C10H16O3/c1-2-13-9(11)8-10(12)6-4-3-5-7-10/h4,6,12H,2-3,5,7-8H2,1H3/t10-/m0/s1. The molecule has 0 aromatic carbocycles. The zero-order valence-corrected chi connectivity index (χ0v) is 7.95. The lowest BCUT2D eigenvalue weighted by Crippen LogP contribution is -2.31. The summed E-state index contributed by atoms with van der Waals surface area (Å²) in [7, 11) is 0. The first-order valence-electron chi connectivity index (χ1n) is 4.72. The third kappa shape index (κ3) is 3.19. The van der Waals surface area contributed by atoms with Crippen LogP contribution in [0.25, 0.3) is 0 Å². The van der Waals surface area contributed by atoms with Gasteiger partial charge < -0.3 is 9.84 Å². The fourth-order valence-electron chi connectivity index (χ4n) is 1.52. The molecule has 13 heavy (non-hydrogen) atoms. The summed E-state index contributed by atoms with van der Waals surface area (Å²) in [6, 6.07) is 0. The molecule has 0 radical (unpaired) electrons. The van der Waals surface area contributed by atoms with Crippen molar-refractivity contribution in [2.75, 3.05) is 6.61 Å². The van der Waals surface area contributed by atoms with E-state index in [-0.39, 0.29) is 12.4 Å². The van der Waals surface area contributed by atoms with Gasteiger partial charge in [0.2, 0.25) is 0 Å². The molecule has 3 heteroatoms. The van der Waals surface area contributed by atoms with Crippen LogP contribution >= 0.6 is 0 Å². The molecule has 0 aliphatic heterocycles. The summed E-state index contributed by atoms with van der Waals surface area (Å²) in [6.45, 7) is 2.14. The molecule has 0 saturated heterocycles. The van der Waals surface area contributed by atoms with Crippen molar-refractivity contribution in [3.63, 3.8) is 0 Å². The molecular formula is C10H16O3. The predicted molar refractivity (Wildman–Crippen MR) is 49.2 cm³/mol. The van der Waals surface area contributed by atoms with Crippen LogP contribution in [0.1, 0.15) is 32.6 Å². The quantitative estimate of drug-likeness (QED) is 0.533. The van der Waals surface area contributed by atoms with Gasteiger partial charge in [-0.3, -0.25) is 4.79 Å². The average Bonchev–Trinajstić information content (AvgIpc) is 2.04. The van der Waals surface area contributed by atoms with Crippen LogP contribution in [0.2, 0.25) is 0 Å². The molecule has 3 nitrogen and oxygen atoms in total. The lowest BCUT2D eigenvalue weighted by atomic mass is 9.88. The Bertz CT molecular complexity index is 210. The monoisotopic (exact) mass is 184 g/mol. The fourth-order valence-corrected chi connectivity index (χ4v) is 1.52. The van der Waals surface area contributed by atoms with Crippen LogP contribution in [0.5, 0.6) is 0 Å². The van der Waals surface area contributed by atoms with E-state index in [0.717, 1.165) is 12.8 Å². The first-order valence-corrected chi connectivity index (χ1v) is 4.72. The number of aliphatic hydroxyl groups is 1. The van der Waals surface area contributed by atoms with Crippen LogP contribution in [-0.2, 0) is 9.53 Å². The molecule has 0 spiro atoms. The van der Waals surface area contributed by atoms with Gasteiger partial charge in [-0.2, -0.15) is 0 Å². The highest BCUT2D eigenvalue weighted by molar-refractivity contribution is 5.71. The number of carbonyl (C=O) groups excluding carboxylic acids is 1. The van der Waals surface area contributed by atoms with Crippen molar-refractivity contribution >= 4 is 5.97 Å². The summed E-state index contributed by atoms with van der Waals surface area (Å²) in [5.41, 5.74) is -0.954. The Morgan fingerprint density at radius 3 is 3.00 bits per heavy atom. The van der Waals surface area contributed by atoms with E-state index in [1.807, 2.05) is 6.08 Å². The van der Waals surface area contributed by atoms with Gasteiger partial charge in [0.1, 0.15) is 0 Å². The summed E-state index contributed by atoms with van der Waals surface area (Å²) in [6.07, 6.45) is 6.30. The van der Waals surface area contributed by atoms with Gasteiger partial charge in [-0.1, -0.05) is 12.2 Å². The highest BCUT2D eigenvalue weighted by Crippen LogP contribution is 2.25. The minimum absolute atomic E-state index is 0.0807. The van der Waals surface area contributed by atoms with Gasteiger partial charge in [0.05, 0.1) is 18.6 Å². The van der Waals surface area contributed by atoms with E-state index in [2.05, 4.69) is 0 Å². The molecular weight excluding hydrogens is 168 g/mol. The molecule has 0 saturated carbocycles. The van der Waals surface area contributed by atoms with Crippen LogP contribution in [-0.4, -0.2) is 23.3 Å². The molecule has 0 unspecified atom stereocenters. The molecule has 0 aromatic heterocycles. The number of ether oxygens (including phenoxy) is 1. The Morgan fingerprint density at radius 2 is 2.46 bits per heavy atom. The van der Waals surface area contributed by atoms with E-state index in [1.54, 1.807) is 13.0 Å². The molecule has 0 heterocycles. The second-order valence-electron chi connectivity index (χ2n) is 3.38. The van der Waals surface area contributed by atoms with Gasteiger partial charge in [0.25, 0.3) is 0 Å². The summed E-state index contributed by atoms with van der Waals surface area (Å²) < 4.78 is 4.78. The second kappa shape index (κ2) is 4.42. The Labute approximate surface area is 78.4 Å². The van der Waals surface area contributed by atoms with Gasteiger partial charge in [-0.05, 0) is 26.2 Å². The Balaban J connectivity index is 2.45. The lowest BCUT2D eigenvalue weighted by Gasteiger charge is -2.26. The average molecular weight is 184 g/mol. The smallest absolute Gasteiger partial charge is 0.309 e. The molecule has 1 N–H and O–H groups in total. The van der Waals surface area contributed by atoms with Crippen molar-refractivity contribution in [2.24, 2.45) is 0 Å². The number of allylic oxidation sites excluding steroid dienone is 1. The molecule has 0 amide bonds. The zero-order chi connectivity index (χ0) is 9.73. The largest absolute Gasteiger partial charge is 0.466 e. The molecule has 1 aliphatic rings. The topological polar surface area (TPSA) is 46.5 Å². The highest BCUT2D eigenvalue weighted by Gasteiger charge is 2.28. The Hall–Kier alpha value is -0.830. The Morgan fingerprint density at radius 1 is 1.69 bits per heavy atom. The van der Waals surface area contributed by atoms with Crippen molar-refractivity contribution in [3.8, 4) is 0 Å². The predicted octanol–water partition coefficient (Wildman–Crippen LogP) is 1.41. The van der Waals surface area contributed by atoms with Crippen LogP contribution in [0, 0.1) is 0 Å². The minimum atomic E-state index is -0.954. The maximum Gasteiger partial charge on any atom is 0.309 e. The van der Waals surface area contributed by atoms with Crippen molar-refractivity contribution in [1.29, 1.82) is 0 Å². The SMILES string of the molecule is CCOC(=O)C[C@]1(O)C=CCCC1. The van der Waals surface area contributed by atoms with Gasteiger partial charge in [0, 0.05) is 0 Å². The van der Waals surface area contributed by atoms with Crippen LogP contribution < -0.4 is 0 Å². The van der Waals surface area contributed by atoms with Crippen molar-refractivity contribution in [3.05, 3.63) is 12.2 Å². The van der Waals surface area contributed by atoms with Gasteiger partial charge in [-0.25, -0.2) is 0 Å². The minimum Gasteiger partial charge on any atom is -0.466 e. The van der Waals surface area contributed by atoms with E-state index in [0.29, 0.717) is 13.0 Å². The molecule has 74 valence electrons. The number of rotatable bonds is 3. The maximum absolute atomic E-state index is 11.1. The summed E-state index contributed by atoms with van der Waals surface area (Å²) in [5.74, 6) is -0.323. The molecule has 0 aromatic rings. The number of hydrogen-bond donors (Lipinski definition) is 1. The van der Waals surface area contributed by atoms with E-state index in [1.165, 1.54) is 0 Å². The number of esters is 1.